The molecule has 0 aromatic heterocycles. The number of rotatable bonds is 3. The second-order valence-electron chi connectivity index (χ2n) is 3.77. The second kappa shape index (κ2) is 4.45. The summed E-state index contributed by atoms with van der Waals surface area (Å²) < 4.78 is 13.0. The van der Waals surface area contributed by atoms with Crippen LogP contribution in [0, 0.1) is 5.82 Å². The first-order valence-electron chi connectivity index (χ1n) is 5.12. The number of hydrogen-bond donors (Lipinski definition) is 2. The van der Waals surface area contributed by atoms with Crippen molar-refractivity contribution in [1.29, 1.82) is 0 Å². The Balaban J connectivity index is 1.95. The number of halogens is 1. The molecule has 1 aromatic rings. The fourth-order valence-corrected chi connectivity index (χ4v) is 1.74. The van der Waals surface area contributed by atoms with Gasteiger partial charge in [0.05, 0.1) is 0 Å². The molecular formula is C12H14FNO. The van der Waals surface area contributed by atoms with E-state index in [0.717, 1.165) is 12.8 Å². The van der Waals surface area contributed by atoms with E-state index >= 15 is 0 Å². The van der Waals surface area contributed by atoms with Gasteiger partial charge in [0.25, 0.3) is 0 Å². The molecule has 2 rings (SSSR count). The van der Waals surface area contributed by atoms with Gasteiger partial charge in [-0.3, -0.25) is 0 Å². The highest BCUT2D eigenvalue weighted by molar-refractivity contribution is 5.33. The summed E-state index contributed by atoms with van der Waals surface area (Å²) in [6, 6.07) is 5.02. The maximum absolute atomic E-state index is 13.0. The van der Waals surface area contributed by atoms with Crippen molar-refractivity contribution in [2.75, 3.05) is 0 Å². The number of nitrogens with one attached hydrogen (secondary N) is 1. The van der Waals surface area contributed by atoms with Crippen LogP contribution in [-0.4, -0.2) is 11.1 Å². The third kappa shape index (κ3) is 2.36. The van der Waals surface area contributed by atoms with E-state index in [1.807, 2.05) is 0 Å². The van der Waals surface area contributed by atoms with Crippen molar-refractivity contribution in [2.45, 2.75) is 25.4 Å². The Morgan fingerprint density at radius 3 is 2.80 bits per heavy atom. The predicted octanol–water partition coefficient (Wildman–Crippen LogP) is 2.34. The summed E-state index contributed by atoms with van der Waals surface area (Å²) in [6.07, 6.45) is 6.28. The van der Waals surface area contributed by atoms with Gasteiger partial charge in [-0.25, -0.2) is 4.39 Å². The van der Waals surface area contributed by atoms with E-state index < -0.39 is 5.82 Å². The van der Waals surface area contributed by atoms with Gasteiger partial charge in [0, 0.05) is 18.2 Å². The van der Waals surface area contributed by atoms with Crippen molar-refractivity contribution < 1.29 is 9.50 Å². The Morgan fingerprint density at radius 1 is 1.33 bits per heavy atom. The van der Waals surface area contributed by atoms with Gasteiger partial charge in [-0.05, 0) is 18.9 Å². The van der Waals surface area contributed by atoms with Gasteiger partial charge in [0.2, 0.25) is 0 Å². The van der Waals surface area contributed by atoms with Crippen LogP contribution < -0.4 is 5.32 Å². The zero-order chi connectivity index (χ0) is 10.7. The van der Waals surface area contributed by atoms with E-state index in [4.69, 9.17) is 0 Å². The normalized spacial score (nSPS) is 16.1. The molecule has 0 aliphatic heterocycles. The van der Waals surface area contributed by atoms with Crippen LogP contribution >= 0.6 is 0 Å². The van der Waals surface area contributed by atoms with E-state index in [9.17, 15) is 9.50 Å². The summed E-state index contributed by atoms with van der Waals surface area (Å²) in [5.74, 6) is -0.796. The lowest BCUT2D eigenvalue weighted by molar-refractivity contribution is 0.419. The van der Waals surface area contributed by atoms with Crippen molar-refractivity contribution in [2.24, 2.45) is 0 Å². The van der Waals surface area contributed by atoms with E-state index in [0.29, 0.717) is 18.2 Å². The van der Waals surface area contributed by atoms with Crippen LogP contribution in [0.4, 0.5) is 4.39 Å². The van der Waals surface area contributed by atoms with Crippen LogP contribution in [0.25, 0.3) is 0 Å². The molecule has 1 aliphatic rings. The lowest BCUT2D eigenvalue weighted by Crippen LogP contribution is -2.25. The van der Waals surface area contributed by atoms with Gasteiger partial charge < -0.3 is 10.4 Å². The molecule has 0 unspecified atom stereocenters. The van der Waals surface area contributed by atoms with Crippen molar-refractivity contribution >= 4 is 0 Å². The first kappa shape index (κ1) is 10.2. The van der Waals surface area contributed by atoms with Gasteiger partial charge in [0.15, 0.2) is 11.6 Å². The standard InChI is InChI=1S/C12H14FNO/c13-11-7-3-4-9(12(11)15)8-14-10-5-1-2-6-10/h1-4,7,10,14-15H,5-6,8H2. The van der Waals surface area contributed by atoms with Gasteiger partial charge in [-0.15, -0.1) is 0 Å². The Morgan fingerprint density at radius 2 is 2.07 bits per heavy atom. The fraction of sp³-hybridized carbons (Fsp3) is 0.333. The second-order valence-corrected chi connectivity index (χ2v) is 3.77. The van der Waals surface area contributed by atoms with Crippen LogP contribution in [0.3, 0.4) is 0 Å². The molecule has 3 heteroatoms. The van der Waals surface area contributed by atoms with Crippen LogP contribution in [0.15, 0.2) is 30.4 Å². The highest BCUT2D eigenvalue weighted by Crippen LogP contribution is 2.21. The SMILES string of the molecule is Oc1c(F)cccc1CNC1CC=CC1. The van der Waals surface area contributed by atoms with Gasteiger partial charge in [-0.2, -0.15) is 0 Å². The fourth-order valence-electron chi connectivity index (χ4n) is 1.74. The predicted molar refractivity (Wildman–Crippen MR) is 57.1 cm³/mol. The van der Waals surface area contributed by atoms with E-state index in [1.54, 1.807) is 12.1 Å². The molecule has 0 spiro atoms. The number of hydrogen-bond acceptors (Lipinski definition) is 2. The number of phenolic OH excluding ortho intramolecular Hbond substituents is 1. The van der Waals surface area contributed by atoms with Gasteiger partial charge >= 0.3 is 0 Å². The monoisotopic (exact) mass is 207 g/mol. The summed E-state index contributed by atoms with van der Waals surface area (Å²) in [5, 5.41) is 12.7. The minimum atomic E-state index is -0.557. The number of benzene rings is 1. The number of para-hydroxylation sites is 1. The third-order valence-electron chi connectivity index (χ3n) is 2.66. The molecule has 1 aromatic carbocycles. The van der Waals surface area contributed by atoms with Crippen LogP contribution in [-0.2, 0) is 6.54 Å². The zero-order valence-corrected chi connectivity index (χ0v) is 8.41. The van der Waals surface area contributed by atoms with Gasteiger partial charge in [-0.1, -0.05) is 24.3 Å². The molecule has 0 bridgehead atoms. The summed E-state index contributed by atoms with van der Waals surface area (Å²) in [7, 11) is 0. The van der Waals surface area contributed by atoms with E-state index in [1.165, 1.54) is 6.07 Å². The summed E-state index contributed by atoms with van der Waals surface area (Å²) >= 11 is 0. The highest BCUT2D eigenvalue weighted by Gasteiger charge is 2.11. The Kier molecular flexibility index (Phi) is 3.02. The minimum absolute atomic E-state index is 0.240. The van der Waals surface area contributed by atoms with Crippen LogP contribution in [0.1, 0.15) is 18.4 Å². The molecule has 0 amide bonds. The number of aromatic hydroxyl groups is 1. The molecule has 0 fully saturated rings. The quantitative estimate of drug-likeness (QED) is 0.746. The van der Waals surface area contributed by atoms with E-state index in [2.05, 4.69) is 17.5 Å². The topological polar surface area (TPSA) is 32.3 Å². The highest BCUT2D eigenvalue weighted by atomic mass is 19.1. The Bertz CT molecular complexity index is 368. The van der Waals surface area contributed by atoms with E-state index in [-0.39, 0.29) is 5.75 Å². The average Bonchev–Trinajstić information content (AvgIpc) is 2.73. The van der Waals surface area contributed by atoms with Gasteiger partial charge in [0.1, 0.15) is 0 Å². The molecule has 80 valence electrons. The summed E-state index contributed by atoms with van der Waals surface area (Å²) in [5.41, 5.74) is 0.613. The number of phenols is 1. The molecule has 0 radical (unpaired) electrons. The first-order valence-corrected chi connectivity index (χ1v) is 5.12. The molecule has 0 heterocycles. The van der Waals surface area contributed by atoms with Crippen molar-refractivity contribution in [3.63, 3.8) is 0 Å². The largest absolute Gasteiger partial charge is 0.505 e. The van der Waals surface area contributed by atoms with Crippen LogP contribution in [0.5, 0.6) is 5.75 Å². The maximum Gasteiger partial charge on any atom is 0.165 e. The molecular weight excluding hydrogens is 193 g/mol. The molecule has 2 N–H and O–H groups in total. The summed E-state index contributed by atoms with van der Waals surface area (Å²) in [6.45, 7) is 0.510. The molecule has 0 atom stereocenters. The first-order chi connectivity index (χ1) is 7.27. The average molecular weight is 207 g/mol. The smallest absolute Gasteiger partial charge is 0.165 e. The molecule has 0 saturated heterocycles. The van der Waals surface area contributed by atoms with Crippen molar-refractivity contribution in [1.82, 2.24) is 5.32 Å². The van der Waals surface area contributed by atoms with Crippen LogP contribution in [0.2, 0.25) is 0 Å². The van der Waals surface area contributed by atoms with Crippen molar-refractivity contribution in [3.8, 4) is 5.75 Å². The molecule has 2 nitrogen and oxygen atoms in total. The Hall–Kier alpha value is -1.35. The molecule has 0 saturated carbocycles. The molecule has 15 heavy (non-hydrogen) atoms. The molecule has 1 aliphatic carbocycles. The van der Waals surface area contributed by atoms with Crippen molar-refractivity contribution in [3.05, 3.63) is 41.7 Å². The Labute approximate surface area is 88.4 Å². The lowest BCUT2D eigenvalue weighted by atomic mass is 10.1. The minimum Gasteiger partial charge on any atom is -0.505 e. The third-order valence-corrected chi connectivity index (χ3v) is 2.66. The maximum atomic E-state index is 13.0. The summed E-state index contributed by atoms with van der Waals surface area (Å²) in [4.78, 5) is 0. The lowest BCUT2D eigenvalue weighted by Gasteiger charge is -2.12. The zero-order valence-electron chi connectivity index (χ0n) is 8.41.